The molecule has 4 atom stereocenters. The molecule has 2 aromatic carbocycles. The molecule has 6 nitrogen and oxygen atoms in total. The molecule has 2 aliphatic rings. The van der Waals surface area contributed by atoms with Crippen molar-refractivity contribution in [2.24, 2.45) is 17.8 Å². The minimum absolute atomic E-state index is 0.0482. The lowest BCUT2D eigenvalue weighted by molar-refractivity contribution is -0.156. The van der Waals surface area contributed by atoms with Crippen LogP contribution in [0.2, 0.25) is 10.0 Å². The van der Waals surface area contributed by atoms with Gasteiger partial charge in [0.2, 0.25) is 0 Å². The van der Waals surface area contributed by atoms with E-state index in [0.29, 0.717) is 17.0 Å². The van der Waals surface area contributed by atoms with Gasteiger partial charge in [0.05, 0.1) is 22.4 Å². The van der Waals surface area contributed by atoms with E-state index in [1.54, 1.807) is 37.3 Å². The lowest BCUT2D eigenvalue weighted by Gasteiger charge is -2.36. The van der Waals surface area contributed by atoms with E-state index in [9.17, 15) is 19.2 Å². The van der Waals surface area contributed by atoms with Crippen LogP contribution in [-0.2, 0) is 9.59 Å². The molecule has 1 heterocycles. The predicted octanol–water partition coefficient (Wildman–Crippen LogP) is 5.21. The first-order valence-corrected chi connectivity index (χ1v) is 11.9. The average Bonchev–Trinajstić information content (AvgIpc) is 3.08. The summed E-state index contributed by atoms with van der Waals surface area (Å²) in [6, 6.07) is 11.8. The van der Waals surface area contributed by atoms with Crippen LogP contribution in [-0.4, -0.2) is 39.6 Å². The van der Waals surface area contributed by atoms with Crippen molar-refractivity contribution in [3.05, 3.63) is 81.9 Å². The van der Waals surface area contributed by atoms with Crippen LogP contribution in [0.15, 0.2) is 60.7 Å². The Morgan fingerprint density at radius 3 is 2.41 bits per heavy atom. The molecule has 1 aliphatic heterocycles. The number of hydrogen-bond acceptors (Lipinski definition) is 4. The Hall–Kier alpha value is -2.96. The molecule has 0 radical (unpaired) electrons. The molecular formula is C26H24Cl2N2O4. The van der Waals surface area contributed by atoms with Crippen molar-refractivity contribution >= 4 is 46.7 Å². The molecule has 1 aliphatic carbocycles. The fourth-order valence-electron chi connectivity index (χ4n) is 4.77. The van der Waals surface area contributed by atoms with Crippen molar-refractivity contribution in [1.29, 1.82) is 0 Å². The van der Waals surface area contributed by atoms with Gasteiger partial charge in [-0.3, -0.25) is 19.2 Å². The minimum atomic E-state index is -1.09. The highest BCUT2D eigenvalue weighted by molar-refractivity contribution is 6.36. The van der Waals surface area contributed by atoms with E-state index in [0.717, 1.165) is 10.0 Å². The molecular weight excluding hydrogens is 475 g/mol. The Morgan fingerprint density at radius 2 is 1.79 bits per heavy atom. The highest BCUT2D eigenvalue weighted by atomic mass is 35.5. The second-order valence-electron chi connectivity index (χ2n) is 8.57. The molecule has 0 aromatic heterocycles. The summed E-state index contributed by atoms with van der Waals surface area (Å²) in [4.78, 5) is 54.5. The lowest BCUT2D eigenvalue weighted by atomic mass is 9.78. The first kappa shape index (κ1) is 24.2. The number of rotatable bonds is 6. The zero-order valence-corrected chi connectivity index (χ0v) is 20.3. The highest BCUT2D eigenvalue weighted by Crippen LogP contribution is 2.40. The van der Waals surface area contributed by atoms with E-state index in [2.05, 4.69) is 0 Å². The first-order chi connectivity index (χ1) is 16.3. The molecule has 0 spiro atoms. The molecule has 3 amide bonds. The van der Waals surface area contributed by atoms with Gasteiger partial charge in [-0.05, 0) is 37.0 Å². The number of amides is 3. The fraction of sp³-hybridized carbons (Fsp3) is 0.308. The first-order valence-electron chi connectivity index (χ1n) is 11.2. The Balaban J connectivity index is 1.83. The molecule has 1 fully saturated rings. The fourth-order valence-corrected chi connectivity index (χ4v) is 5.25. The van der Waals surface area contributed by atoms with Gasteiger partial charge in [-0.1, -0.05) is 79.5 Å². The predicted molar refractivity (Wildman–Crippen MR) is 129 cm³/mol. The number of allylic oxidation sites excluding steroid dienone is 2. The van der Waals surface area contributed by atoms with Gasteiger partial charge < -0.3 is 0 Å². The van der Waals surface area contributed by atoms with Gasteiger partial charge in [-0.15, -0.1) is 0 Å². The molecule has 8 heteroatoms. The van der Waals surface area contributed by atoms with Crippen LogP contribution < -0.4 is 0 Å². The van der Waals surface area contributed by atoms with Gasteiger partial charge >= 0.3 is 0 Å². The maximum atomic E-state index is 13.9. The van der Waals surface area contributed by atoms with Gasteiger partial charge in [0, 0.05) is 10.6 Å². The van der Waals surface area contributed by atoms with Crippen LogP contribution >= 0.6 is 23.2 Å². The van der Waals surface area contributed by atoms with E-state index >= 15 is 0 Å². The third kappa shape index (κ3) is 4.17. The van der Waals surface area contributed by atoms with Crippen molar-refractivity contribution in [1.82, 2.24) is 10.0 Å². The van der Waals surface area contributed by atoms with Crippen LogP contribution in [0, 0.1) is 17.8 Å². The summed E-state index contributed by atoms with van der Waals surface area (Å²) in [7, 11) is 0. The standard InChI is InChI=1S/C26H24Cl2N2O4/c1-3-21(23(31)16-9-5-4-6-10-16)29(24(32)18-13-12-17(27)14-20(18)28)30-25(33)19-11-7-8-15(2)22(19)26(30)34/h4-10,12-15,19,21-22H,3,11H2,1-2H3/t15-,19-,21-,22+/m1/s1. The number of benzene rings is 2. The number of fused-ring (bicyclic) bond motifs is 1. The van der Waals surface area contributed by atoms with E-state index in [-0.39, 0.29) is 28.7 Å². The zero-order chi connectivity index (χ0) is 24.6. The molecule has 0 saturated carbocycles. The Kier molecular flexibility index (Phi) is 6.91. The molecule has 176 valence electrons. The summed E-state index contributed by atoms with van der Waals surface area (Å²) in [5.74, 6) is -3.37. The summed E-state index contributed by atoms with van der Waals surface area (Å²) in [6.45, 7) is 3.61. The van der Waals surface area contributed by atoms with Crippen LogP contribution in [0.5, 0.6) is 0 Å². The van der Waals surface area contributed by atoms with E-state index in [1.165, 1.54) is 18.2 Å². The maximum absolute atomic E-state index is 13.9. The van der Waals surface area contributed by atoms with E-state index in [1.807, 2.05) is 19.1 Å². The third-order valence-corrected chi connectivity index (χ3v) is 7.03. The number of hydrazine groups is 1. The molecule has 0 N–H and O–H groups in total. The molecule has 4 rings (SSSR count). The third-order valence-electron chi connectivity index (χ3n) is 6.48. The van der Waals surface area contributed by atoms with E-state index in [4.69, 9.17) is 23.2 Å². The lowest BCUT2D eigenvalue weighted by Crippen LogP contribution is -2.57. The topological polar surface area (TPSA) is 74.8 Å². The van der Waals surface area contributed by atoms with Gasteiger partial charge in [0.1, 0.15) is 6.04 Å². The number of halogens is 2. The van der Waals surface area contributed by atoms with Crippen molar-refractivity contribution in [3.63, 3.8) is 0 Å². The summed E-state index contributed by atoms with van der Waals surface area (Å²) >= 11 is 12.3. The second-order valence-corrected chi connectivity index (χ2v) is 9.42. The van der Waals surface area contributed by atoms with Crippen LogP contribution in [0.1, 0.15) is 47.4 Å². The number of hydrogen-bond donors (Lipinski definition) is 0. The van der Waals surface area contributed by atoms with Crippen LogP contribution in [0.25, 0.3) is 0 Å². The number of carbonyl (C=O) groups is 4. The number of imide groups is 1. The number of nitrogens with zero attached hydrogens (tertiary/aromatic N) is 2. The highest BCUT2D eigenvalue weighted by Gasteiger charge is 2.54. The minimum Gasteiger partial charge on any atom is -0.292 e. The van der Waals surface area contributed by atoms with Crippen LogP contribution in [0.3, 0.4) is 0 Å². The summed E-state index contributed by atoms with van der Waals surface area (Å²) < 4.78 is 0. The van der Waals surface area contributed by atoms with Gasteiger partial charge in [0.15, 0.2) is 5.78 Å². The molecule has 0 bridgehead atoms. The monoisotopic (exact) mass is 498 g/mol. The molecule has 34 heavy (non-hydrogen) atoms. The summed E-state index contributed by atoms with van der Waals surface area (Å²) in [5.41, 5.74) is 0.424. The summed E-state index contributed by atoms with van der Waals surface area (Å²) in [5, 5.41) is 2.30. The van der Waals surface area contributed by atoms with Crippen LogP contribution in [0.4, 0.5) is 0 Å². The number of ketones is 1. The van der Waals surface area contributed by atoms with Crippen molar-refractivity contribution in [3.8, 4) is 0 Å². The molecule has 1 saturated heterocycles. The van der Waals surface area contributed by atoms with E-state index < -0.39 is 35.6 Å². The Bertz CT molecular complexity index is 1180. The summed E-state index contributed by atoms with van der Waals surface area (Å²) in [6.07, 6.45) is 4.38. The van der Waals surface area contributed by atoms with Crippen molar-refractivity contribution < 1.29 is 19.2 Å². The largest absolute Gasteiger partial charge is 0.292 e. The Labute approximate surface area is 208 Å². The normalized spacial score (nSPS) is 22.5. The van der Waals surface area contributed by atoms with Crippen molar-refractivity contribution in [2.45, 2.75) is 32.7 Å². The second kappa shape index (κ2) is 9.72. The van der Waals surface area contributed by atoms with Crippen molar-refractivity contribution in [2.75, 3.05) is 0 Å². The quantitative estimate of drug-likeness (QED) is 0.311. The SMILES string of the molecule is CC[C@H](C(=O)c1ccccc1)N(C(=O)c1ccc(Cl)cc1Cl)N1C(=O)[C@H]2[C@H](C)C=CC[C@H]2C1=O. The molecule has 2 aromatic rings. The van der Waals surface area contributed by atoms with Gasteiger partial charge in [-0.25, -0.2) is 5.01 Å². The number of carbonyl (C=O) groups excluding carboxylic acids is 4. The average molecular weight is 499 g/mol. The van der Waals surface area contributed by atoms with Gasteiger partial charge in [-0.2, -0.15) is 5.01 Å². The zero-order valence-electron chi connectivity index (χ0n) is 18.8. The Morgan fingerprint density at radius 1 is 1.09 bits per heavy atom. The van der Waals surface area contributed by atoms with Gasteiger partial charge in [0.25, 0.3) is 17.7 Å². The number of Topliss-reactive ketones (excluding diaryl/α,β-unsaturated/α-hetero) is 1. The maximum Gasteiger partial charge on any atom is 0.275 e. The molecule has 0 unspecified atom stereocenters. The smallest absolute Gasteiger partial charge is 0.275 e.